The van der Waals surface area contributed by atoms with Crippen molar-refractivity contribution in [3.8, 4) is 5.75 Å². The van der Waals surface area contributed by atoms with Crippen LogP contribution in [0.5, 0.6) is 5.75 Å². The number of benzene rings is 2. The summed E-state index contributed by atoms with van der Waals surface area (Å²) in [6, 6.07) is 16.6. The standard InChI is InChI=1S/C15H15NO2/c16-14-9-5-4-6-12(14)10-11-15(17)18-13-7-2-1-3-8-13/h1-9H,10-11,16H2. The summed E-state index contributed by atoms with van der Waals surface area (Å²) in [4.78, 5) is 11.6. The van der Waals surface area contributed by atoms with Crippen LogP contribution in [0.25, 0.3) is 0 Å². The minimum absolute atomic E-state index is 0.246. The van der Waals surface area contributed by atoms with Crippen molar-refractivity contribution in [1.29, 1.82) is 0 Å². The van der Waals surface area contributed by atoms with Gasteiger partial charge < -0.3 is 10.5 Å². The number of hydrogen-bond donors (Lipinski definition) is 1. The minimum Gasteiger partial charge on any atom is -0.427 e. The molecule has 2 aromatic carbocycles. The van der Waals surface area contributed by atoms with E-state index < -0.39 is 0 Å². The van der Waals surface area contributed by atoms with E-state index in [2.05, 4.69) is 0 Å². The van der Waals surface area contributed by atoms with Crippen LogP contribution < -0.4 is 10.5 Å². The van der Waals surface area contributed by atoms with E-state index in [1.165, 1.54) is 0 Å². The Morgan fingerprint density at radius 2 is 1.67 bits per heavy atom. The normalized spacial score (nSPS) is 10.0. The Morgan fingerprint density at radius 1 is 1.00 bits per heavy atom. The quantitative estimate of drug-likeness (QED) is 0.508. The van der Waals surface area contributed by atoms with Crippen LogP contribution >= 0.6 is 0 Å². The molecule has 0 saturated heterocycles. The molecule has 0 aliphatic rings. The Kier molecular flexibility index (Phi) is 3.97. The minimum atomic E-state index is -0.246. The van der Waals surface area contributed by atoms with Crippen LogP contribution in [0.4, 0.5) is 5.69 Å². The van der Waals surface area contributed by atoms with Crippen LogP contribution in [0.1, 0.15) is 12.0 Å². The van der Waals surface area contributed by atoms with Gasteiger partial charge in [-0.15, -0.1) is 0 Å². The molecule has 0 saturated carbocycles. The highest BCUT2D eigenvalue weighted by Gasteiger charge is 2.06. The molecular weight excluding hydrogens is 226 g/mol. The molecule has 0 atom stereocenters. The molecule has 0 aromatic heterocycles. The Morgan fingerprint density at radius 3 is 2.39 bits per heavy atom. The number of rotatable bonds is 4. The summed E-state index contributed by atoms with van der Waals surface area (Å²) >= 11 is 0. The molecule has 0 aliphatic carbocycles. The first-order valence-electron chi connectivity index (χ1n) is 5.85. The van der Waals surface area contributed by atoms with E-state index in [1.807, 2.05) is 42.5 Å². The number of hydrogen-bond acceptors (Lipinski definition) is 3. The second-order valence-electron chi connectivity index (χ2n) is 3.99. The summed E-state index contributed by atoms with van der Waals surface area (Å²) in [5.74, 6) is 0.327. The van der Waals surface area contributed by atoms with Crippen LogP contribution in [-0.2, 0) is 11.2 Å². The molecule has 0 aliphatic heterocycles. The number of anilines is 1. The molecule has 3 heteroatoms. The molecule has 0 fully saturated rings. The van der Waals surface area contributed by atoms with Crippen LogP contribution in [-0.4, -0.2) is 5.97 Å². The maximum absolute atomic E-state index is 11.6. The maximum atomic E-state index is 11.6. The van der Waals surface area contributed by atoms with Crippen molar-refractivity contribution in [3.63, 3.8) is 0 Å². The Labute approximate surface area is 106 Å². The second kappa shape index (κ2) is 5.87. The summed E-state index contributed by atoms with van der Waals surface area (Å²) in [7, 11) is 0. The summed E-state index contributed by atoms with van der Waals surface area (Å²) in [5.41, 5.74) is 7.49. The van der Waals surface area contributed by atoms with Crippen LogP contribution in [0, 0.1) is 0 Å². The van der Waals surface area contributed by atoms with Crippen LogP contribution in [0.15, 0.2) is 54.6 Å². The second-order valence-corrected chi connectivity index (χ2v) is 3.99. The van der Waals surface area contributed by atoms with Crippen molar-refractivity contribution in [2.45, 2.75) is 12.8 Å². The Bertz CT molecular complexity index is 523. The van der Waals surface area contributed by atoms with Crippen LogP contribution in [0.2, 0.25) is 0 Å². The molecular formula is C15H15NO2. The van der Waals surface area contributed by atoms with E-state index >= 15 is 0 Å². The number of para-hydroxylation sites is 2. The summed E-state index contributed by atoms with van der Waals surface area (Å²) < 4.78 is 5.20. The Balaban J connectivity index is 1.88. The molecule has 92 valence electrons. The predicted octanol–water partition coefficient (Wildman–Crippen LogP) is 2.81. The highest BCUT2D eigenvalue weighted by molar-refractivity contribution is 5.73. The number of nitrogens with two attached hydrogens (primary N) is 1. The van der Waals surface area contributed by atoms with Crippen molar-refractivity contribution < 1.29 is 9.53 Å². The first-order chi connectivity index (χ1) is 8.75. The molecule has 2 aromatic rings. The fourth-order valence-electron chi connectivity index (χ4n) is 1.67. The monoisotopic (exact) mass is 241 g/mol. The third kappa shape index (κ3) is 3.35. The summed E-state index contributed by atoms with van der Waals surface area (Å²) in [6.07, 6.45) is 0.918. The lowest BCUT2D eigenvalue weighted by Crippen LogP contribution is -2.09. The third-order valence-electron chi connectivity index (χ3n) is 2.63. The van der Waals surface area contributed by atoms with Gasteiger partial charge in [0, 0.05) is 5.69 Å². The fraction of sp³-hybridized carbons (Fsp3) is 0.133. The van der Waals surface area contributed by atoms with Crippen molar-refractivity contribution in [2.75, 3.05) is 5.73 Å². The lowest BCUT2D eigenvalue weighted by atomic mass is 10.1. The number of nitrogen functional groups attached to an aromatic ring is 1. The van der Waals surface area contributed by atoms with Gasteiger partial charge in [0.05, 0.1) is 6.42 Å². The van der Waals surface area contributed by atoms with Gasteiger partial charge in [-0.05, 0) is 30.2 Å². The lowest BCUT2D eigenvalue weighted by Gasteiger charge is -2.06. The topological polar surface area (TPSA) is 52.3 Å². The fourth-order valence-corrected chi connectivity index (χ4v) is 1.67. The zero-order chi connectivity index (χ0) is 12.8. The highest BCUT2D eigenvalue weighted by Crippen LogP contribution is 2.14. The number of ether oxygens (including phenoxy) is 1. The van der Waals surface area contributed by atoms with E-state index in [9.17, 15) is 4.79 Å². The number of aryl methyl sites for hydroxylation is 1. The molecule has 0 radical (unpaired) electrons. The average Bonchev–Trinajstić information content (AvgIpc) is 2.39. The molecule has 2 rings (SSSR count). The van der Waals surface area contributed by atoms with Gasteiger partial charge in [-0.1, -0.05) is 36.4 Å². The van der Waals surface area contributed by atoms with Gasteiger partial charge >= 0.3 is 5.97 Å². The van der Waals surface area contributed by atoms with E-state index in [-0.39, 0.29) is 5.97 Å². The highest BCUT2D eigenvalue weighted by atomic mass is 16.5. The smallest absolute Gasteiger partial charge is 0.311 e. The van der Waals surface area contributed by atoms with Crippen molar-refractivity contribution >= 4 is 11.7 Å². The third-order valence-corrected chi connectivity index (χ3v) is 2.63. The van der Waals surface area contributed by atoms with Gasteiger partial charge in [-0.25, -0.2) is 0 Å². The maximum Gasteiger partial charge on any atom is 0.311 e. The van der Waals surface area contributed by atoms with Gasteiger partial charge in [0.2, 0.25) is 0 Å². The molecule has 0 unspecified atom stereocenters. The Hall–Kier alpha value is -2.29. The molecule has 2 N–H and O–H groups in total. The largest absolute Gasteiger partial charge is 0.427 e. The van der Waals surface area contributed by atoms with Gasteiger partial charge in [0.1, 0.15) is 5.75 Å². The number of carbonyl (C=O) groups excluding carboxylic acids is 1. The predicted molar refractivity (Wildman–Crippen MR) is 71.3 cm³/mol. The number of esters is 1. The summed E-state index contributed by atoms with van der Waals surface area (Å²) in [6.45, 7) is 0. The SMILES string of the molecule is Nc1ccccc1CCC(=O)Oc1ccccc1. The molecule has 0 spiro atoms. The van der Waals surface area contributed by atoms with E-state index in [4.69, 9.17) is 10.5 Å². The molecule has 0 heterocycles. The van der Waals surface area contributed by atoms with E-state index in [1.54, 1.807) is 12.1 Å². The van der Waals surface area contributed by atoms with E-state index in [0.717, 1.165) is 5.56 Å². The zero-order valence-electron chi connectivity index (χ0n) is 10.0. The van der Waals surface area contributed by atoms with Crippen LogP contribution in [0.3, 0.4) is 0 Å². The first kappa shape index (κ1) is 12.2. The van der Waals surface area contributed by atoms with Crippen molar-refractivity contribution in [3.05, 3.63) is 60.2 Å². The summed E-state index contributed by atoms with van der Waals surface area (Å²) in [5, 5.41) is 0. The average molecular weight is 241 g/mol. The van der Waals surface area contributed by atoms with Crippen molar-refractivity contribution in [1.82, 2.24) is 0 Å². The van der Waals surface area contributed by atoms with Gasteiger partial charge in [-0.2, -0.15) is 0 Å². The molecule has 0 amide bonds. The van der Waals surface area contributed by atoms with E-state index in [0.29, 0.717) is 24.3 Å². The van der Waals surface area contributed by atoms with Crippen molar-refractivity contribution in [2.24, 2.45) is 0 Å². The molecule has 0 bridgehead atoms. The molecule has 3 nitrogen and oxygen atoms in total. The van der Waals surface area contributed by atoms with Gasteiger partial charge in [0.15, 0.2) is 0 Å². The molecule has 18 heavy (non-hydrogen) atoms. The number of carbonyl (C=O) groups is 1. The first-order valence-corrected chi connectivity index (χ1v) is 5.85. The van der Waals surface area contributed by atoms with Gasteiger partial charge in [-0.3, -0.25) is 4.79 Å². The lowest BCUT2D eigenvalue weighted by molar-refractivity contribution is -0.134. The van der Waals surface area contributed by atoms with Gasteiger partial charge in [0.25, 0.3) is 0 Å². The zero-order valence-corrected chi connectivity index (χ0v) is 10.0.